The summed E-state index contributed by atoms with van der Waals surface area (Å²) in [6.07, 6.45) is 5.91. The van der Waals surface area contributed by atoms with E-state index < -0.39 is 0 Å². The molecule has 2 fully saturated rings. The summed E-state index contributed by atoms with van der Waals surface area (Å²) >= 11 is 0. The number of piperidine rings is 1. The second kappa shape index (κ2) is 6.24. The lowest BCUT2D eigenvalue weighted by atomic mass is 10.00. The molecule has 4 nitrogen and oxygen atoms in total. The molecule has 0 radical (unpaired) electrons. The quantitative estimate of drug-likeness (QED) is 0.785. The highest BCUT2D eigenvalue weighted by Crippen LogP contribution is 2.15. The van der Waals surface area contributed by atoms with Gasteiger partial charge in [-0.25, -0.2) is 4.79 Å². The van der Waals surface area contributed by atoms with Crippen molar-refractivity contribution in [3.8, 4) is 0 Å². The van der Waals surface area contributed by atoms with Gasteiger partial charge in [0.05, 0.1) is 0 Å². The predicted octanol–water partition coefficient (Wildman–Crippen LogP) is 1.57. The normalized spacial score (nSPS) is 26.2. The third-order valence-electron chi connectivity index (χ3n) is 4.00. The van der Waals surface area contributed by atoms with E-state index in [1.807, 2.05) is 4.90 Å². The number of rotatable bonds is 3. The maximum atomic E-state index is 11.9. The minimum Gasteiger partial charge on any atom is -0.338 e. The van der Waals surface area contributed by atoms with E-state index in [1.165, 1.54) is 12.8 Å². The third-order valence-corrected chi connectivity index (χ3v) is 4.00. The number of nitrogens with one attached hydrogen (secondary N) is 2. The Balaban J connectivity index is 1.60. The zero-order chi connectivity index (χ0) is 12.1. The van der Waals surface area contributed by atoms with Gasteiger partial charge in [-0.1, -0.05) is 6.92 Å². The molecular formula is C13H25N3O. The van der Waals surface area contributed by atoms with Crippen LogP contribution in [0.15, 0.2) is 0 Å². The van der Waals surface area contributed by atoms with Crippen LogP contribution in [0.5, 0.6) is 0 Å². The van der Waals surface area contributed by atoms with Crippen LogP contribution in [0, 0.1) is 5.92 Å². The lowest BCUT2D eigenvalue weighted by Gasteiger charge is -2.30. The molecule has 0 aromatic heterocycles. The van der Waals surface area contributed by atoms with Gasteiger partial charge in [0.1, 0.15) is 0 Å². The Kier molecular flexibility index (Phi) is 4.66. The van der Waals surface area contributed by atoms with Crippen LogP contribution in [0.25, 0.3) is 0 Å². The molecule has 2 N–H and O–H groups in total. The number of hydrogen-bond acceptors (Lipinski definition) is 2. The Hall–Kier alpha value is -0.770. The molecule has 0 unspecified atom stereocenters. The molecule has 2 rings (SSSR count). The van der Waals surface area contributed by atoms with Crippen molar-refractivity contribution >= 4 is 6.03 Å². The number of urea groups is 1. The maximum absolute atomic E-state index is 11.9. The Morgan fingerprint density at radius 2 is 2.12 bits per heavy atom. The van der Waals surface area contributed by atoms with E-state index in [0.29, 0.717) is 6.04 Å². The fourth-order valence-electron chi connectivity index (χ4n) is 2.68. The van der Waals surface area contributed by atoms with Crippen LogP contribution in [0.1, 0.15) is 39.0 Å². The highest BCUT2D eigenvalue weighted by molar-refractivity contribution is 5.74. The molecule has 0 aromatic rings. The van der Waals surface area contributed by atoms with Crippen LogP contribution in [0.2, 0.25) is 0 Å². The molecule has 17 heavy (non-hydrogen) atoms. The third kappa shape index (κ3) is 3.87. The van der Waals surface area contributed by atoms with Gasteiger partial charge in [0.15, 0.2) is 0 Å². The molecule has 4 heteroatoms. The van der Waals surface area contributed by atoms with Crippen molar-refractivity contribution in [3.63, 3.8) is 0 Å². The van der Waals surface area contributed by atoms with Gasteiger partial charge < -0.3 is 15.5 Å². The lowest BCUT2D eigenvalue weighted by molar-refractivity contribution is 0.173. The molecule has 98 valence electrons. The summed E-state index contributed by atoms with van der Waals surface area (Å²) in [6, 6.07) is 0.756. The number of carbonyl (C=O) groups is 1. The van der Waals surface area contributed by atoms with Crippen LogP contribution in [0.3, 0.4) is 0 Å². The first kappa shape index (κ1) is 12.7. The van der Waals surface area contributed by atoms with Gasteiger partial charge in [-0.2, -0.15) is 0 Å². The Labute approximate surface area is 104 Å². The van der Waals surface area contributed by atoms with Gasteiger partial charge in [0.2, 0.25) is 0 Å². The SMILES string of the molecule is CC1CCN(C(=O)NCC[C@@H]2CCCN2)CC1. The van der Waals surface area contributed by atoms with Crippen LogP contribution in [0.4, 0.5) is 4.79 Å². The van der Waals surface area contributed by atoms with E-state index in [9.17, 15) is 4.79 Å². The van der Waals surface area contributed by atoms with Crippen LogP contribution < -0.4 is 10.6 Å². The first-order chi connectivity index (χ1) is 8.25. The number of carbonyl (C=O) groups excluding carboxylic acids is 1. The molecule has 0 saturated carbocycles. The van der Waals surface area contributed by atoms with E-state index in [0.717, 1.165) is 51.4 Å². The summed E-state index contributed by atoms with van der Waals surface area (Å²) in [4.78, 5) is 13.8. The van der Waals surface area contributed by atoms with Gasteiger partial charge in [-0.3, -0.25) is 0 Å². The van der Waals surface area contributed by atoms with Gasteiger partial charge >= 0.3 is 6.03 Å². The molecule has 0 aliphatic carbocycles. The fourth-order valence-corrected chi connectivity index (χ4v) is 2.68. The average molecular weight is 239 g/mol. The summed E-state index contributed by atoms with van der Waals surface area (Å²) in [5.74, 6) is 0.779. The highest BCUT2D eigenvalue weighted by Gasteiger charge is 2.20. The first-order valence-corrected chi connectivity index (χ1v) is 7.02. The molecule has 1 atom stereocenters. The van der Waals surface area contributed by atoms with E-state index in [2.05, 4.69) is 17.6 Å². The Morgan fingerprint density at radius 3 is 2.76 bits per heavy atom. The second-order valence-electron chi connectivity index (χ2n) is 5.48. The minimum absolute atomic E-state index is 0.134. The highest BCUT2D eigenvalue weighted by atomic mass is 16.2. The van der Waals surface area contributed by atoms with Gasteiger partial charge in [-0.15, -0.1) is 0 Å². The Morgan fingerprint density at radius 1 is 1.35 bits per heavy atom. The van der Waals surface area contributed by atoms with Gasteiger partial charge in [0.25, 0.3) is 0 Å². The standard InChI is InChI=1S/C13H25N3O/c1-11-5-9-16(10-6-11)13(17)15-8-4-12-3-2-7-14-12/h11-12,14H,2-10H2,1H3,(H,15,17)/t12-/m0/s1. The van der Waals surface area contributed by atoms with E-state index in [-0.39, 0.29) is 6.03 Å². The second-order valence-corrected chi connectivity index (χ2v) is 5.48. The Bertz CT molecular complexity index is 243. The number of hydrogen-bond donors (Lipinski definition) is 2. The molecule has 0 aromatic carbocycles. The lowest BCUT2D eigenvalue weighted by Crippen LogP contribution is -2.45. The van der Waals surface area contributed by atoms with E-state index in [1.54, 1.807) is 0 Å². The van der Waals surface area contributed by atoms with Crippen molar-refractivity contribution in [1.29, 1.82) is 0 Å². The number of likely N-dealkylation sites (tertiary alicyclic amines) is 1. The summed E-state index contributed by atoms with van der Waals surface area (Å²) in [5.41, 5.74) is 0. The van der Waals surface area contributed by atoms with Crippen molar-refractivity contribution < 1.29 is 4.79 Å². The van der Waals surface area contributed by atoms with E-state index in [4.69, 9.17) is 0 Å². The van der Waals surface area contributed by atoms with Crippen molar-refractivity contribution in [3.05, 3.63) is 0 Å². The van der Waals surface area contributed by atoms with E-state index >= 15 is 0 Å². The zero-order valence-corrected chi connectivity index (χ0v) is 10.9. The minimum atomic E-state index is 0.134. The molecule has 2 amide bonds. The van der Waals surface area contributed by atoms with Crippen molar-refractivity contribution in [1.82, 2.24) is 15.5 Å². The molecule has 2 saturated heterocycles. The van der Waals surface area contributed by atoms with Crippen molar-refractivity contribution in [2.75, 3.05) is 26.2 Å². The first-order valence-electron chi connectivity index (χ1n) is 7.02. The van der Waals surface area contributed by atoms with Crippen molar-refractivity contribution in [2.24, 2.45) is 5.92 Å². The summed E-state index contributed by atoms with van der Waals surface area (Å²) in [6.45, 7) is 6.07. The zero-order valence-electron chi connectivity index (χ0n) is 10.9. The number of amides is 2. The molecule has 2 aliphatic heterocycles. The monoisotopic (exact) mass is 239 g/mol. The van der Waals surface area contributed by atoms with Gasteiger partial charge in [0, 0.05) is 25.7 Å². The summed E-state index contributed by atoms with van der Waals surface area (Å²) in [5, 5.41) is 6.49. The van der Waals surface area contributed by atoms with Crippen LogP contribution in [-0.2, 0) is 0 Å². The maximum Gasteiger partial charge on any atom is 0.317 e. The number of nitrogens with zero attached hydrogens (tertiary/aromatic N) is 1. The molecule has 0 spiro atoms. The van der Waals surface area contributed by atoms with Crippen molar-refractivity contribution in [2.45, 2.75) is 45.1 Å². The van der Waals surface area contributed by atoms with Crippen LogP contribution in [-0.4, -0.2) is 43.2 Å². The van der Waals surface area contributed by atoms with Gasteiger partial charge in [-0.05, 0) is 44.6 Å². The fraction of sp³-hybridized carbons (Fsp3) is 0.923. The molecule has 2 aliphatic rings. The molecular weight excluding hydrogens is 214 g/mol. The molecule has 0 bridgehead atoms. The van der Waals surface area contributed by atoms with Crippen LogP contribution >= 0.6 is 0 Å². The molecule has 2 heterocycles. The smallest absolute Gasteiger partial charge is 0.317 e. The largest absolute Gasteiger partial charge is 0.338 e. The average Bonchev–Trinajstić information content (AvgIpc) is 2.83. The predicted molar refractivity (Wildman–Crippen MR) is 69.0 cm³/mol. The summed E-state index contributed by atoms with van der Waals surface area (Å²) < 4.78 is 0. The topological polar surface area (TPSA) is 44.4 Å². The summed E-state index contributed by atoms with van der Waals surface area (Å²) in [7, 11) is 0.